The van der Waals surface area contributed by atoms with E-state index in [1.54, 1.807) is 12.1 Å². The number of phosphoric ester groups is 1. The number of rotatable bonds is 11. The molecule has 0 spiro atoms. The Labute approximate surface area is 172 Å². The van der Waals surface area contributed by atoms with Gasteiger partial charge in [0.15, 0.2) is 0 Å². The van der Waals surface area contributed by atoms with Crippen molar-refractivity contribution in [3.05, 3.63) is 65.2 Å². The molecule has 0 bridgehead atoms. The third kappa shape index (κ3) is 8.85. The predicted octanol–water partition coefficient (Wildman–Crippen LogP) is 3.98. The fraction of sp³-hybridized carbons (Fsp3) is 0.400. The van der Waals surface area contributed by atoms with Gasteiger partial charge < -0.3 is 19.6 Å². The van der Waals surface area contributed by atoms with Gasteiger partial charge in [0.2, 0.25) is 0 Å². The molecule has 2 aromatic rings. The van der Waals surface area contributed by atoms with Gasteiger partial charge in [-0.05, 0) is 48.2 Å². The highest BCUT2D eigenvalue weighted by Crippen LogP contribution is 2.36. The number of ether oxygens (including phenoxy) is 1. The Morgan fingerprint density at radius 3 is 2.03 bits per heavy atom. The van der Waals surface area contributed by atoms with Crippen molar-refractivity contribution in [1.29, 1.82) is 0 Å². The molecule has 0 fully saturated rings. The van der Waals surface area contributed by atoms with Crippen LogP contribution in [0.25, 0.3) is 0 Å². The zero-order valence-corrected chi connectivity index (χ0v) is 17.0. The smallest absolute Gasteiger partial charge is 0.469 e. The minimum atomic E-state index is -4.56. The van der Waals surface area contributed by atoms with Crippen molar-refractivity contribution in [1.82, 2.24) is 0 Å². The standard InChI is InChI=1S/C20H24F3O6P/c21-20(22,23)18-7-3-16(4-8-18)11-12-28-19-9-5-15(6-10-19)1-2-17(13-24)14-29-30(25,26)27/h3-10,17,24H,1-2,11-14H2,(H2,25,26,27). The molecule has 0 heterocycles. The summed E-state index contributed by atoms with van der Waals surface area (Å²) in [5, 5.41) is 9.28. The van der Waals surface area contributed by atoms with E-state index in [1.165, 1.54) is 12.1 Å². The first kappa shape index (κ1) is 24.4. The summed E-state index contributed by atoms with van der Waals surface area (Å²) >= 11 is 0. The van der Waals surface area contributed by atoms with E-state index in [0.29, 0.717) is 31.6 Å². The molecule has 0 aromatic heterocycles. The highest BCUT2D eigenvalue weighted by molar-refractivity contribution is 7.46. The molecule has 0 aliphatic carbocycles. The van der Waals surface area contributed by atoms with Gasteiger partial charge in [0.25, 0.3) is 0 Å². The average molecular weight is 448 g/mol. The van der Waals surface area contributed by atoms with Crippen molar-refractivity contribution in [2.75, 3.05) is 19.8 Å². The lowest BCUT2D eigenvalue weighted by Gasteiger charge is -2.15. The second kappa shape index (κ2) is 10.9. The molecule has 0 aliphatic heterocycles. The zero-order chi connectivity index (χ0) is 22.2. The Morgan fingerprint density at radius 2 is 1.50 bits per heavy atom. The van der Waals surface area contributed by atoms with E-state index >= 15 is 0 Å². The molecule has 3 N–H and O–H groups in total. The maximum Gasteiger partial charge on any atom is 0.469 e. The summed E-state index contributed by atoms with van der Waals surface area (Å²) in [4.78, 5) is 17.4. The van der Waals surface area contributed by atoms with Crippen molar-refractivity contribution in [2.45, 2.75) is 25.4 Å². The minimum absolute atomic E-state index is 0.230. The molecule has 2 rings (SSSR count). The van der Waals surface area contributed by atoms with Crippen LogP contribution < -0.4 is 4.74 Å². The quantitative estimate of drug-likeness (QED) is 0.450. The summed E-state index contributed by atoms with van der Waals surface area (Å²) in [7, 11) is -4.56. The molecular weight excluding hydrogens is 424 g/mol. The lowest BCUT2D eigenvalue weighted by atomic mass is 10.0. The number of alkyl halides is 3. The van der Waals surface area contributed by atoms with Crippen LogP contribution in [-0.2, 0) is 28.1 Å². The molecule has 0 saturated heterocycles. The molecule has 10 heteroatoms. The Hall–Kier alpha value is -1.90. The van der Waals surface area contributed by atoms with Crippen LogP contribution in [0.5, 0.6) is 5.75 Å². The van der Waals surface area contributed by atoms with E-state index in [4.69, 9.17) is 14.5 Å². The SMILES string of the molecule is O=P(O)(O)OCC(CO)CCc1ccc(OCCc2ccc(C(F)(F)F)cc2)cc1. The first-order valence-corrected chi connectivity index (χ1v) is 10.8. The van der Waals surface area contributed by atoms with Crippen molar-refractivity contribution < 1.29 is 41.9 Å². The van der Waals surface area contributed by atoms with E-state index in [2.05, 4.69) is 4.52 Å². The summed E-state index contributed by atoms with van der Waals surface area (Å²) in [5.41, 5.74) is 1.02. The third-order valence-electron chi connectivity index (χ3n) is 4.44. The molecule has 166 valence electrons. The predicted molar refractivity (Wildman–Crippen MR) is 104 cm³/mol. The number of aryl methyl sites for hydroxylation is 1. The molecular formula is C20H24F3O6P. The fourth-order valence-electron chi connectivity index (χ4n) is 2.70. The monoisotopic (exact) mass is 448 g/mol. The molecule has 0 aliphatic rings. The summed E-state index contributed by atoms with van der Waals surface area (Å²) < 4.78 is 58.4. The molecule has 0 amide bonds. The number of hydrogen-bond donors (Lipinski definition) is 3. The van der Waals surface area contributed by atoms with Crippen LogP contribution in [0.15, 0.2) is 48.5 Å². The van der Waals surface area contributed by atoms with Gasteiger partial charge in [-0.25, -0.2) is 4.57 Å². The molecule has 30 heavy (non-hydrogen) atoms. The Morgan fingerprint density at radius 1 is 0.933 bits per heavy atom. The maximum absolute atomic E-state index is 12.6. The largest absolute Gasteiger partial charge is 0.493 e. The lowest BCUT2D eigenvalue weighted by molar-refractivity contribution is -0.137. The topological polar surface area (TPSA) is 96.2 Å². The molecule has 1 atom stereocenters. The van der Waals surface area contributed by atoms with Crippen LogP contribution in [0.4, 0.5) is 13.2 Å². The first-order chi connectivity index (χ1) is 14.1. The van der Waals surface area contributed by atoms with Gasteiger partial charge in [-0.2, -0.15) is 13.2 Å². The highest BCUT2D eigenvalue weighted by Gasteiger charge is 2.29. The van der Waals surface area contributed by atoms with Gasteiger partial charge in [-0.3, -0.25) is 4.52 Å². The first-order valence-electron chi connectivity index (χ1n) is 9.25. The van der Waals surface area contributed by atoms with Crippen LogP contribution in [0, 0.1) is 5.92 Å². The van der Waals surface area contributed by atoms with Gasteiger partial charge in [0.1, 0.15) is 5.75 Å². The molecule has 2 aromatic carbocycles. The summed E-state index contributed by atoms with van der Waals surface area (Å²) in [5.74, 6) is 0.228. The lowest BCUT2D eigenvalue weighted by Crippen LogP contribution is -2.14. The van der Waals surface area contributed by atoms with Crippen molar-refractivity contribution >= 4 is 7.82 Å². The summed E-state index contributed by atoms with van der Waals surface area (Å²) in [6.07, 6.45) is -2.80. The van der Waals surface area contributed by atoms with Crippen molar-refractivity contribution in [2.24, 2.45) is 5.92 Å². The van der Waals surface area contributed by atoms with E-state index < -0.39 is 25.5 Å². The fourth-order valence-corrected chi connectivity index (χ4v) is 3.11. The summed E-state index contributed by atoms with van der Waals surface area (Å²) in [6.45, 7) is -0.159. The number of benzene rings is 2. The van der Waals surface area contributed by atoms with E-state index in [9.17, 15) is 22.8 Å². The number of hydrogen-bond acceptors (Lipinski definition) is 4. The molecule has 0 saturated carbocycles. The van der Waals surface area contributed by atoms with Crippen LogP contribution in [-0.4, -0.2) is 34.7 Å². The van der Waals surface area contributed by atoms with Crippen molar-refractivity contribution in [3.8, 4) is 5.75 Å². The molecule has 1 unspecified atom stereocenters. The minimum Gasteiger partial charge on any atom is -0.493 e. The van der Waals surface area contributed by atoms with Crippen LogP contribution in [0.3, 0.4) is 0 Å². The van der Waals surface area contributed by atoms with Gasteiger partial charge in [0, 0.05) is 18.9 Å². The van der Waals surface area contributed by atoms with Crippen LogP contribution >= 0.6 is 7.82 Å². The number of halogens is 3. The number of phosphoric acid groups is 1. The zero-order valence-electron chi connectivity index (χ0n) is 16.1. The Kier molecular flexibility index (Phi) is 8.88. The van der Waals surface area contributed by atoms with Gasteiger partial charge in [-0.1, -0.05) is 24.3 Å². The summed E-state index contributed by atoms with van der Waals surface area (Å²) in [6, 6.07) is 12.2. The number of aliphatic hydroxyl groups excluding tert-OH is 1. The van der Waals surface area contributed by atoms with Crippen LogP contribution in [0.2, 0.25) is 0 Å². The van der Waals surface area contributed by atoms with E-state index in [-0.39, 0.29) is 13.2 Å². The average Bonchev–Trinajstić information content (AvgIpc) is 2.68. The normalized spacial score (nSPS) is 13.3. The van der Waals surface area contributed by atoms with Gasteiger partial charge in [0.05, 0.1) is 18.8 Å². The second-order valence-corrected chi connectivity index (χ2v) is 8.05. The van der Waals surface area contributed by atoms with Gasteiger partial charge >= 0.3 is 14.0 Å². The van der Waals surface area contributed by atoms with Crippen molar-refractivity contribution in [3.63, 3.8) is 0 Å². The van der Waals surface area contributed by atoms with E-state index in [1.807, 2.05) is 12.1 Å². The Balaban J connectivity index is 1.75. The van der Waals surface area contributed by atoms with Gasteiger partial charge in [-0.15, -0.1) is 0 Å². The highest BCUT2D eigenvalue weighted by atomic mass is 31.2. The van der Waals surface area contributed by atoms with Crippen LogP contribution in [0.1, 0.15) is 23.1 Å². The third-order valence-corrected chi connectivity index (χ3v) is 4.93. The molecule has 6 nitrogen and oxygen atoms in total. The Bertz CT molecular complexity index is 818. The molecule has 0 radical (unpaired) electrons. The maximum atomic E-state index is 12.6. The van der Waals surface area contributed by atoms with E-state index in [0.717, 1.165) is 23.3 Å². The second-order valence-electron chi connectivity index (χ2n) is 6.81. The number of aliphatic hydroxyl groups is 1.